The normalized spacial score (nSPS) is 16.8. The van der Waals surface area contributed by atoms with Gasteiger partial charge in [0, 0.05) is 32.7 Å². The van der Waals surface area contributed by atoms with Crippen molar-refractivity contribution in [3.05, 3.63) is 39.3 Å². The number of hydrogen-bond donors (Lipinski definition) is 1. The van der Waals surface area contributed by atoms with Crippen molar-refractivity contribution in [2.24, 2.45) is 0 Å². The molecule has 7 nitrogen and oxygen atoms in total. The molecule has 1 aromatic heterocycles. The predicted molar refractivity (Wildman–Crippen MR) is 121 cm³/mol. The van der Waals surface area contributed by atoms with E-state index < -0.39 is 29.4 Å². The van der Waals surface area contributed by atoms with Gasteiger partial charge in [-0.3, -0.25) is 14.2 Å². The van der Waals surface area contributed by atoms with E-state index in [0.717, 1.165) is 61.4 Å². The number of rotatable bonds is 7. The first-order valence-corrected chi connectivity index (χ1v) is 11.4. The molecule has 0 aliphatic carbocycles. The molecule has 0 unspecified atom stereocenters. The molecule has 1 saturated heterocycles. The summed E-state index contributed by atoms with van der Waals surface area (Å²) in [5, 5.41) is 2.78. The molecular formula is C23H32F3N5O2. The van der Waals surface area contributed by atoms with Gasteiger partial charge >= 0.3 is 6.18 Å². The summed E-state index contributed by atoms with van der Waals surface area (Å²) in [7, 11) is 0. The Morgan fingerprint density at radius 1 is 1.12 bits per heavy atom. The average molecular weight is 468 g/mol. The van der Waals surface area contributed by atoms with Crippen LogP contribution in [-0.2, 0) is 11.0 Å². The molecule has 1 fully saturated rings. The largest absolute Gasteiger partial charge is 0.438 e. The number of carbonyl (C=O) groups is 1. The minimum absolute atomic E-state index is 0.0379. The van der Waals surface area contributed by atoms with E-state index in [1.807, 2.05) is 0 Å². The molecule has 1 aromatic carbocycles. The predicted octanol–water partition coefficient (Wildman–Crippen LogP) is 2.74. The zero-order valence-electron chi connectivity index (χ0n) is 19.6. The molecule has 0 spiro atoms. The Bertz CT molecular complexity index is 1060. The molecule has 1 aliphatic heterocycles. The first kappa shape index (κ1) is 25.2. The standard InChI is InChI=1S/C23H32F3N5O2/c1-5-29-9-11-30(12-10-29)8-6-7-27-21(32)17(4)31-19-14-16(3)15(2)13-18(19)28-20(22(31)33)23(24,25)26/h13-14,17H,5-12H2,1-4H3,(H,27,32)/t17-/m1/s1. The van der Waals surface area contributed by atoms with Crippen molar-refractivity contribution in [1.82, 2.24) is 24.7 Å². The van der Waals surface area contributed by atoms with E-state index in [9.17, 15) is 22.8 Å². The summed E-state index contributed by atoms with van der Waals surface area (Å²) in [6.07, 6.45) is -4.19. The van der Waals surface area contributed by atoms with E-state index in [1.54, 1.807) is 19.9 Å². The number of alkyl halides is 3. The molecule has 1 aliphatic rings. The van der Waals surface area contributed by atoms with Crippen LogP contribution in [0.25, 0.3) is 11.0 Å². The van der Waals surface area contributed by atoms with Gasteiger partial charge in [0.25, 0.3) is 5.56 Å². The molecule has 0 saturated carbocycles. The highest BCUT2D eigenvalue weighted by Gasteiger charge is 2.38. The van der Waals surface area contributed by atoms with Gasteiger partial charge in [-0.25, -0.2) is 4.98 Å². The second kappa shape index (κ2) is 10.2. The monoisotopic (exact) mass is 467 g/mol. The second-order valence-corrected chi connectivity index (χ2v) is 8.65. The van der Waals surface area contributed by atoms with Gasteiger partial charge in [0.1, 0.15) is 6.04 Å². The number of nitrogens with zero attached hydrogens (tertiary/aromatic N) is 4. The fraction of sp³-hybridized carbons (Fsp3) is 0.609. The van der Waals surface area contributed by atoms with Crippen molar-refractivity contribution in [2.75, 3.05) is 45.8 Å². The van der Waals surface area contributed by atoms with E-state index >= 15 is 0 Å². The number of halogens is 3. The lowest BCUT2D eigenvalue weighted by Gasteiger charge is -2.34. The number of amides is 1. The molecule has 182 valence electrons. The van der Waals surface area contributed by atoms with E-state index in [1.165, 1.54) is 13.0 Å². The molecule has 0 bridgehead atoms. The van der Waals surface area contributed by atoms with Crippen LogP contribution in [-0.4, -0.2) is 71.1 Å². The van der Waals surface area contributed by atoms with Crippen molar-refractivity contribution in [2.45, 2.75) is 46.3 Å². The van der Waals surface area contributed by atoms with Gasteiger partial charge in [-0.15, -0.1) is 0 Å². The topological polar surface area (TPSA) is 70.5 Å². The highest BCUT2D eigenvalue weighted by atomic mass is 19.4. The third kappa shape index (κ3) is 5.73. The highest BCUT2D eigenvalue weighted by molar-refractivity contribution is 5.84. The molecule has 10 heteroatoms. The van der Waals surface area contributed by atoms with Crippen LogP contribution in [0.4, 0.5) is 13.2 Å². The molecule has 0 radical (unpaired) electrons. The summed E-state index contributed by atoms with van der Waals surface area (Å²) in [6, 6.07) is 2.01. The zero-order valence-corrected chi connectivity index (χ0v) is 19.6. The molecular weight excluding hydrogens is 435 g/mol. The molecule has 1 atom stereocenters. The number of aryl methyl sites for hydroxylation is 2. The number of likely N-dealkylation sites (N-methyl/N-ethyl adjacent to an activating group) is 1. The number of piperazine rings is 1. The van der Waals surface area contributed by atoms with Crippen LogP contribution in [0.3, 0.4) is 0 Å². The first-order chi connectivity index (χ1) is 15.5. The minimum Gasteiger partial charge on any atom is -0.354 e. The van der Waals surface area contributed by atoms with Crippen molar-refractivity contribution in [3.63, 3.8) is 0 Å². The summed E-state index contributed by atoms with van der Waals surface area (Å²) in [5.41, 5.74) is -1.01. The van der Waals surface area contributed by atoms with Crippen molar-refractivity contribution < 1.29 is 18.0 Å². The maximum absolute atomic E-state index is 13.5. The Labute approximate surface area is 191 Å². The summed E-state index contributed by atoms with van der Waals surface area (Å²) in [5.74, 6) is -0.494. The van der Waals surface area contributed by atoms with Gasteiger partial charge in [-0.05, 0) is 63.5 Å². The zero-order chi connectivity index (χ0) is 24.3. The van der Waals surface area contributed by atoms with Crippen LogP contribution in [0.1, 0.15) is 43.1 Å². The Balaban J connectivity index is 1.74. The smallest absolute Gasteiger partial charge is 0.354 e. The van der Waals surface area contributed by atoms with Crippen LogP contribution < -0.4 is 10.9 Å². The van der Waals surface area contributed by atoms with Crippen molar-refractivity contribution >= 4 is 16.9 Å². The van der Waals surface area contributed by atoms with Gasteiger partial charge in [-0.2, -0.15) is 13.2 Å². The second-order valence-electron chi connectivity index (χ2n) is 8.65. The number of hydrogen-bond acceptors (Lipinski definition) is 5. The summed E-state index contributed by atoms with van der Waals surface area (Å²) < 4.78 is 41.4. The van der Waals surface area contributed by atoms with Gasteiger partial charge in [0.05, 0.1) is 11.0 Å². The summed E-state index contributed by atoms with van der Waals surface area (Å²) >= 11 is 0. The Morgan fingerprint density at radius 2 is 1.73 bits per heavy atom. The average Bonchev–Trinajstić information content (AvgIpc) is 2.76. The van der Waals surface area contributed by atoms with E-state index in [0.29, 0.717) is 6.54 Å². The molecule has 2 heterocycles. The third-order valence-electron chi connectivity index (χ3n) is 6.40. The molecule has 33 heavy (non-hydrogen) atoms. The summed E-state index contributed by atoms with van der Waals surface area (Å²) in [4.78, 5) is 33.9. The SMILES string of the molecule is CCN1CCN(CCCNC(=O)[C@@H](C)n2c(=O)c(C(F)(F)F)nc3cc(C)c(C)cc32)CC1. The van der Waals surface area contributed by atoms with Gasteiger partial charge < -0.3 is 15.1 Å². The number of carbonyl (C=O) groups excluding carboxylic acids is 1. The highest BCUT2D eigenvalue weighted by Crippen LogP contribution is 2.28. The van der Waals surface area contributed by atoms with Crippen LogP contribution in [0.15, 0.2) is 16.9 Å². The number of nitrogens with one attached hydrogen (secondary N) is 1. The van der Waals surface area contributed by atoms with Crippen LogP contribution in [0, 0.1) is 13.8 Å². The fourth-order valence-electron chi connectivity index (χ4n) is 4.14. The number of aromatic nitrogens is 2. The summed E-state index contributed by atoms with van der Waals surface area (Å²) in [6.45, 7) is 13.4. The Morgan fingerprint density at radius 3 is 2.33 bits per heavy atom. The molecule has 1 amide bonds. The lowest BCUT2D eigenvalue weighted by Crippen LogP contribution is -2.46. The van der Waals surface area contributed by atoms with Gasteiger partial charge in [0.2, 0.25) is 11.6 Å². The maximum Gasteiger partial charge on any atom is 0.438 e. The number of benzene rings is 1. The Hall–Kier alpha value is -2.46. The lowest BCUT2D eigenvalue weighted by molar-refractivity contribution is -0.142. The van der Waals surface area contributed by atoms with E-state index in [-0.39, 0.29) is 11.0 Å². The Kier molecular flexibility index (Phi) is 7.79. The first-order valence-electron chi connectivity index (χ1n) is 11.4. The van der Waals surface area contributed by atoms with E-state index in [2.05, 4.69) is 27.0 Å². The van der Waals surface area contributed by atoms with Crippen LogP contribution in [0.5, 0.6) is 0 Å². The van der Waals surface area contributed by atoms with Crippen LogP contribution in [0.2, 0.25) is 0 Å². The van der Waals surface area contributed by atoms with E-state index in [4.69, 9.17) is 0 Å². The molecule has 3 rings (SSSR count). The fourth-order valence-corrected chi connectivity index (χ4v) is 4.14. The van der Waals surface area contributed by atoms with Crippen molar-refractivity contribution in [3.8, 4) is 0 Å². The quantitative estimate of drug-likeness (QED) is 0.635. The van der Waals surface area contributed by atoms with Crippen molar-refractivity contribution in [1.29, 1.82) is 0 Å². The third-order valence-corrected chi connectivity index (χ3v) is 6.40. The maximum atomic E-state index is 13.5. The van der Waals surface area contributed by atoms with Gasteiger partial charge in [-0.1, -0.05) is 6.92 Å². The van der Waals surface area contributed by atoms with Crippen LogP contribution >= 0.6 is 0 Å². The molecule has 1 N–H and O–H groups in total. The lowest BCUT2D eigenvalue weighted by atomic mass is 10.1. The van der Waals surface area contributed by atoms with Gasteiger partial charge in [0.15, 0.2) is 0 Å². The number of fused-ring (bicyclic) bond motifs is 1. The molecule has 2 aromatic rings. The minimum atomic E-state index is -4.91.